The Morgan fingerprint density at radius 2 is 1.21 bits per heavy atom. The summed E-state index contributed by atoms with van der Waals surface area (Å²) in [5.74, 6) is 0.851. The standard InChI is InChI=1S/C47H31N3O2/c1-3-12-31(13-4-1)47-48-39-25-22-30-14-11-20-42(45(30)46(39)52-47)49(34-24-27-44-38(29-34)36-18-8-10-21-43(36)51-44)33-23-26-41-37(28-33)35-17-7-9-19-40(35)50(41)32-15-5-2-6-16-32/h1-29,47-48H. The average Bonchev–Trinajstić information content (AvgIpc) is 3.91. The highest BCUT2D eigenvalue weighted by atomic mass is 16.5. The maximum absolute atomic E-state index is 6.81. The van der Waals surface area contributed by atoms with Gasteiger partial charge in [0.2, 0.25) is 0 Å². The van der Waals surface area contributed by atoms with Gasteiger partial charge in [0.05, 0.1) is 27.8 Å². The average molecular weight is 670 g/mol. The number of anilines is 4. The molecule has 0 spiro atoms. The first-order chi connectivity index (χ1) is 25.8. The molecule has 5 nitrogen and oxygen atoms in total. The summed E-state index contributed by atoms with van der Waals surface area (Å²) in [6, 6.07) is 62.0. The third-order valence-corrected chi connectivity index (χ3v) is 10.4. The fraction of sp³-hybridized carbons (Fsp3) is 0.0213. The number of benzene rings is 8. The molecule has 2 aromatic heterocycles. The van der Waals surface area contributed by atoms with Crippen LogP contribution in [0, 0.1) is 0 Å². The van der Waals surface area contributed by atoms with Gasteiger partial charge in [-0.1, -0.05) is 103 Å². The predicted octanol–water partition coefficient (Wildman–Crippen LogP) is 12.8. The Kier molecular flexibility index (Phi) is 6.25. The van der Waals surface area contributed by atoms with Crippen LogP contribution in [0.1, 0.15) is 11.8 Å². The van der Waals surface area contributed by atoms with Crippen LogP contribution in [0.2, 0.25) is 0 Å². The van der Waals surface area contributed by atoms with E-state index in [2.05, 4.69) is 173 Å². The van der Waals surface area contributed by atoms with Crippen molar-refractivity contribution in [2.45, 2.75) is 6.23 Å². The van der Waals surface area contributed by atoms with Gasteiger partial charge in [0.1, 0.15) is 11.2 Å². The highest BCUT2D eigenvalue weighted by Crippen LogP contribution is 2.50. The van der Waals surface area contributed by atoms with E-state index >= 15 is 0 Å². The largest absolute Gasteiger partial charge is 0.464 e. The van der Waals surface area contributed by atoms with E-state index in [1.165, 1.54) is 16.3 Å². The molecule has 52 heavy (non-hydrogen) atoms. The molecule has 0 amide bonds. The van der Waals surface area contributed by atoms with Crippen molar-refractivity contribution in [3.05, 3.63) is 181 Å². The van der Waals surface area contributed by atoms with Crippen LogP contribution in [0.5, 0.6) is 5.75 Å². The van der Waals surface area contributed by atoms with Gasteiger partial charge in [-0.2, -0.15) is 0 Å². The molecule has 0 saturated heterocycles. The molecule has 1 N–H and O–H groups in total. The highest BCUT2D eigenvalue weighted by molar-refractivity contribution is 6.13. The first-order valence-corrected chi connectivity index (χ1v) is 17.6. The van der Waals surface area contributed by atoms with Crippen LogP contribution < -0.4 is 15.0 Å². The molecule has 5 heteroatoms. The number of rotatable bonds is 5. The molecule has 1 unspecified atom stereocenters. The van der Waals surface area contributed by atoms with Gasteiger partial charge >= 0.3 is 0 Å². The molecule has 1 atom stereocenters. The van der Waals surface area contributed by atoms with Crippen LogP contribution in [0.25, 0.3) is 60.2 Å². The minimum atomic E-state index is -0.280. The quantitative estimate of drug-likeness (QED) is 0.198. The summed E-state index contributed by atoms with van der Waals surface area (Å²) in [6.45, 7) is 0. The van der Waals surface area contributed by atoms with Crippen molar-refractivity contribution in [2.75, 3.05) is 10.2 Å². The van der Waals surface area contributed by atoms with E-state index in [4.69, 9.17) is 9.15 Å². The van der Waals surface area contributed by atoms with Crippen molar-refractivity contribution >= 4 is 77.3 Å². The monoisotopic (exact) mass is 669 g/mol. The zero-order valence-electron chi connectivity index (χ0n) is 28.0. The fourth-order valence-electron chi connectivity index (χ4n) is 8.05. The van der Waals surface area contributed by atoms with Gasteiger partial charge in [-0.25, -0.2) is 0 Å². The number of fused-ring (bicyclic) bond motifs is 9. The minimum absolute atomic E-state index is 0.280. The predicted molar refractivity (Wildman–Crippen MR) is 214 cm³/mol. The lowest BCUT2D eigenvalue weighted by Crippen LogP contribution is -2.11. The lowest BCUT2D eigenvalue weighted by atomic mass is 10.0. The van der Waals surface area contributed by atoms with Crippen LogP contribution in [0.3, 0.4) is 0 Å². The van der Waals surface area contributed by atoms with Crippen LogP contribution in [0.15, 0.2) is 180 Å². The number of hydrogen-bond acceptors (Lipinski definition) is 4. The van der Waals surface area contributed by atoms with Crippen LogP contribution in [0.4, 0.5) is 22.7 Å². The van der Waals surface area contributed by atoms with Crippen molar-refractivity contribution < 1.29 is 9.15 Å². The molecule has 11 rings (SSSR count). The number of furan rings is 1. The number of nitrogens with one attached hydrogen (secondary N) is 1. The number of hydrogen-bond donors (Lipinski definition) is 1. The van der Waals surface area contributed by atoms with Gasteiger partial charge in [0.15, 0.2) is 12.0 Å². The minimum Gasteiger partial charge on any atom is -0.464 e. The molecular formula is C47H31N3O2. The summed E-state index contributed by atoms with van der Waals surface area (Å²) in [4.78, 5) is 2.37. The van der Waals surface area contributed by atoms with E-state index in [0.29, 0.717) is 0 Å². The van der Waals surface area contributed by atoms with E-state index in [-0.39, 0.29) is 6.23 Å². The number of para-hydroxylation sites is 3. The Morgan fingerprint density at radius 3 is 2.08 bits per heavy atom. The Labute approximate surface area is 299 Å². The van der Waals surface area contributed by atoms with Gasteiger partial charge in [-0.05, 0) is 78.2 Å². The van der Waals surface area contributed by atoms with E-state index in [0.717, 1.165) is 78.0 Å². The van der Waals surface area contributed by atoms with E-state index < -0.39 is 0 Å². The smallest absolute Gasteiger partial charge is 0.196 e. The topological polar surface area (TPSA) is 42.6 Å². The summed E-state index contributed by atoms with van der Waals surface area (Å²) in [5, 5.41) is 10.4. The summed E-state index contributed by atoms with van der Waals surface area (Å²) in [7, 11) is 0. The summed E-state index contributed by atoms with van der Waals surface area (Å²) in [5.41, 5.74) is 10.4. The number of nitrogens with zero attached hydrogens (tertiary/aromatic N) is 2. The second-order valence-electron chi connectivity index (χ2n) is 13.4. The Hall–Kier alpha value is -6.98. The van der Waals surface area contributed by atoms with Crippen molar-refractivity contribution in [3.63, 3.8) is 0 Å². The second-order valence-corrected chi connectivity index (χ2v) is 13.4. The Morgan fingerprint density at radius 1 is 0.519 bits per heavy atom. The third-order valence-electron chi connectivity index (χ3n) is 10.4. The molecule has 246 valence electrons. The van der Waals surface area contributed by atoms with Crippen LogP contribution in [-0.2, 0) is 0 Å². The van der Waals surface area contributed by atoms with Gasteiger partial charge in [-0.15, -0.1) is 0 Å². The molecule has 10 aromatic rings. The van der Waals surface area contributed by atoms with E-state index in [9.17, 15) is 0 Å². The van der Waals surface area contributed by atoms with Crippen LogP contribution in [-0.4, -0.2) is 4.57 Å². The van der Waals surface area contributed by atoms with Crippen molar-refractivity contribution in [3.8, 4) is 11.4 Å². The van der Waals surface area contributed by atoms with Gasteiger partial charge in [-0.3, -0.25) is 0 Å². The van der Waals surface area contributed by atoms with Crippen molar-refractivity contribution in [2.24, 2.45) is 0 Å². The first kappa shape index (κ1) is 28.8. The lowest BCUT2D eigenvalue weighted by molar-refractivity contribution is 0.262. The SMILES string of the molecule is c1ccc(C2Nc3ccc4cccc(N(c5ccc6oc7ccccc7c6c5)c5ccc6c(c5)c5ccccc5n6-c5ccccc5)c4c3O2)cc1. The van der Waals surface area contributed by atoms with Gasteiger partial charge in [0.25, 0.3) is 0 Å². The summed E-state index contributed by atoms with van der Waals surface area (Å²) >= 11 is 0. The zero-order chi connectivity index (χ0) is 34.2. The zero-order valence-corrected chi connectivity index (χ0v) is 28.0. The molecule has 3 heterocycles. The third kappa shape index (κ3) is 4.36. The number of aromatic nitrogens is 1. The summed E-state index contributed by atoms with van der Waals surface area (Å²) < 4.78 is 15.5. The van der Waals surface area contributed by atoms with E-state index in [1.807, 2.05) is 18.2 Å². The Balaban J connectivity index is 1.17. The Bertz CT molecular complexity index is 2980. The second kappa shape index (κ2) is 11.3. The maximum atomic E-state index is 6.81. The molecule has 8 aromatic carbocycles. The molecule has 0 radical (unpaired) electrons. The van der Waals surface area contributed by atoms with Crippen molar-refractivity contribution in [1.82, 2.24) is 4.57 Å². The summed E-state index contributed by atoms with van der Waals surface area (Å²) in [6.07, 6.45) is -0.280. The molecular weight excluding hydrogens is 639 g/mol. The lowest BCUT2D eigenvalue weighted by Gasteiger charge is -2.27. The van der Waals surface area contributed by atoms with Gasteiger partial charge in [0, 0.05) is 44.2 Å². The van der Waals surface area contributed by atoms with Crippen LogP contribution >= 0.6 is 0 Å². The molecule has 1 aliphatic heterocycles. The van der Waals surface area contributed by atoms with E-state index in [1.54, 1.807) is 0 Å². The normalized spacial score (nSPS) is 13.9. The molecule has 0 fully saturated rings. The molecule has 1 aliphatic rings. The molecule has 0 aliphatic carbocycles. The molecule has 0 bridgehead atoms. The van der Waals surface area contributed by atoms with Gasteiger partial charge < -0.3 is 23.9 Å². The fourth-order valence-corrected chi connectivity index (χ4v) is 8.05. The number of ether oxygens (including phenoxy) is 1. The highest BCUT2D eigenvalue weighted by Gasteiger charge is 2.28. The molecule has 0 saturated carbocycles. The van der Waals surface area contributed by atoms with Crippen molar-refractivity contribution in [1.29, 1.82) is 0 Å². The maximum Gasteiger partial charge on any atom is 0.196 e. The first-order valence-electron chi connectivity index (χ1n) is 17.6.